The van der Waals surface area contributed by atoms with Crippen LogP contribution in [0.15, 0.2) is 18.2 Å². The highest BCUT2D eigenvalue weighted by molar-refractivity contribution is 5.94. The predicted octanol–water partition coefficient (Wildman–Crippen LogP) is 1.55. The molecule has 0 spiro atoms. The van der Waals surface area contributed by atoms with E-state index in [1.54, 1.807) is 19.1 Å². The number of benzene rings is 1. The number of aromatic carboxylic acids is 1. The summed E-state index contributed by atoms with van der Waals surface area (Å²) in [5, 5.41) is 19.6. The van der Waals surface area contributed by atoms with E-state index in [1.807, 2.05) is 0 Å². The Morgan fingerprint density at radius 3 is 2.69 bits per heavy atom. The van der Waals surface area contributed by atoms with Gasteiger partial charge in [0.1, 0.15) is 6.42 Å². The van der Waals surface area contributed by atoms with Crippen molar-refractivity contribution in [2.24, 2.45) is 0 Å². The molecule has 0 radical (unpaired) electrons. The smallest absolute Gasteiger partial charge is 0.335 e. The lowest BCUT2D eigenvalue weighted by molar-refractivity contribution is -0.115. The van der Waals surface area contributed by atoms with Gasteiger partial charge in [-0.3, -0.25) is 4.79 Å². The van der Waals surface area contributed by atoms with Crippen molar-refractivity contribution in [3.05, 3.63) is 29.3 Å². The number of carbonyl (C=O) groups is 2. The summed E-state index contributed by atoms with van der Waals surface area (Å²) in [4.78, 5) is 21.8. The van der Waals surface area contributed by atoms with E-state index in [1.165, 1.54) is 12.1 Å². The molecule has 1 amide bonds. The van der Waals surface area contributed by atoms with Gasteiger partial charge < -0.3 is 10.4 Å². The van der Waals surface area contributed by atoms with Crippen molar-refractivity contribution < 1.29 is 14.7 Å². The molecule has 0 aliphatic carbocycles. The van der Waals surface area contributed by atoms with E-state index in [9.17, 15) is 9.59 Å². The van der Waals surface area contributed by atoms with Crippen LogP contribution in [0.2, 0.25) is 0 Å². The Bertz CT molecular complexity index is 475. The van der Waals surface area contributed by atoms with Crippen LogP contribution in [0.3, 0.4) is 0 Å². The van der Waals surface area contributed by atoms with Crippen LogP contribution in [-0.4, -0.2) is 17.0 Å². The molecule has 0 atom stereocenters. The van der Waals surface area contributed by atoms with Gasteiger partial charge in [-0.25, -0.2) is 4.79 Å². The Morgan fingerprint density at radius 1 is 1.50 bits per heavy atom. The van der Waals surface area contributed by atoms with Gasteiger partial charge in [-0.2, -0.15) is 5.26 Å². The first-order valence-corrected chi connectivity index (χ1v) is 4.55. The van der Waals surface area contributed by atoms with Gasteiger partial charge in [-0.05, 0) is 30.7 Å². The average molecular weight is 218 g/mol. The van der Waals surface area contributed by atoms with Crippen LogP contribution in [0.25, 0.3) is 0 Å². The summed E-state index contributed by atoms with van der Waals surface area (Å²) in [6.45, 7) is 1.64. The van der Waals surface area contributed by atoms with Gasteiger partial charge in [0, 0.05) is 5.69 Å². The molecule has 2 N–H and O–H groups in total. The van der Waals surface area contributed by atoms with Gasteiger partial charge in [0.05, 0.1) is 11.6 Å². The van der Waals surface area contributed by atoms with Crippen LogP contribution >= 0.6 is 0 Å². The quantitative estimate of drug-likeness (QED) is 0.805. The number of carbonyl (C=O) groups excluding carboxylic acids is 1. The summed E-state index contributed by atoms with van der Waals surface area (Å²) >= 11 is 0. The molecular formula is C11H10N2O3. The molecule has 16 heavy (non-hydrogen) atoms. The van der Waals surface area contributed by atoms with Crippen molar-refractivity contribution in [3.8, 4) is 6.07 Å². The van der Waals surface area contributed by atoms with E-state index >= 15 is 0 Å². The maximum Gasteiger partial charge on any atom is 0.335 e. The number of nitrogens with one attached hydrogen (secondary N) is 1. The fourth-order valence-electron chi connectivity index (χ4n) is 1.26. The summed E-state index contributed by atoms with van der Waals surface area (Å²) < 4.78 is 0. The van der Waals surface area contributed by atoms with Crippen LogP contribution in [0, 0.1) is 18.3 Å². The lowest BCUT2D eigenvalue weighted by Gasteiger charge is -2.05. The zero-order chi connectivity index (χ0) is 12.1. The third kappa shape index (κ3) is 2.82. The van der Waals surface area contributed by atoms with Gasteiger partial charge in [0.2, 0.25) is 5.91 Å². The van der Waals surface area contributed by atoms with Crippen molar-refractivity contribution in [1.29, 1.82) is 5.26 Å². The molecule has 0 aliphatic heterocycles. The van der Waals surface area contributed by atoms with Crippen molar-refractivity contribution in [2.75, 3.05) is 5.32 Å². The molecule has 1 rings (SSSR count). The topological polar surface area (TPSA) is 90.2 Å². The summed E-state index contributed by atoms with van der Waals surface area (Å²) in [7, 11) is 0. The molecule has 0 saturated carbocycles. The number of hydrogen-bond acceptors (Lipinski definition) is 3. The highest BCUT2D eigenvalue weighted by Gasteiger charge is 2.08. The highest BCUT2D eigenvalue weighted by atomic mass is 16.4. The Hall–Kier alpha value is -2.35. The monoisotopic (exact) mass is 218 g/mol. The molecular weight excluding hydrogens is 208 g/mol. The average Bonchev–Trinajstić information content (AvgIpc) is 2.17. The number of aryl methyl sites for hydroxylation is 1. The Balaban J connectivity index is 2.86. The second kappa shape index (κ2) is 4.94. The third-order valence-electron chi connectivity index (χ3n) is 1.98. The van der Waals surface area contributed by atoms with E-state index in [-0.39, 0.29) is 12.0 Å². The van der Waals surface area contributed by atoms with E-state index in [2.05, 4.69) is 5.32 Å². The Kier molecular flexibility index (Phi) is 3.62. The minimum Gasteiger partial charge on any atom is -0.478 e. The molecule has 82 valence electrons. The molecule has 5 nitrogen and oxygen atoms in total. The number of carboxylic acids is 1. The minimum atomic E-state index is -1.01. The number of hydrogen-bond donors (Lipinski definition) is 2. The molecule has 0 heterocycles. The van der Waals surface area contributed by atoms with Crippen LogP contribution in [0.4, 0.5) is 5.69 Å². The van der Waals surface area contributed by atoms with Gasteiger partial charge in [-0.1, -0.05) is 0 Å². The molecule has 1 aromatic carbocycles. The van der Waals surface area contributed by atoms with Gasteiger partial charge in [0.25, 0.3) is 0 Å². The van der Waals surface area contributed by atoms with Crippen molar-refractivity contribution >= 4 is 17.6 Å². The van der Waals surface area contributed by atoms with Crippen LogP contribution in [0.5, 0.6) is 0 Å². The molecule has 0 bridgehead atoms. The predicted molar refractivity (Wildman–Crippen MR) is 57.0 cm³/mol. The van der Waals surface area contributed by atoms with Crippen LogP contribution in [-0.2, 0) is 4.79 Å². The molecule has 0 aliphatic rings. The molecule has 1 aromatic rings. The summed E-state index contributed by atoms with van der Waals surface area (Å²) in [6.07, 6.45) is -0.222. The largest absolute Gasteiger partial charge is 0.478 e. The molecule has 0 fully saturated rings. The zero-order valence-corrected chi connectivity index (χ0v) is 8.65. The minimum absolute atomic E-state index is 0.193. The fourth-order valence-corrected chi connectivity index (χ4v) is 1.26. The molecule has 5 heteroatoms. The number of nitriles is 1. The number of carboxylic acid groups (broad SMARTS) is 1. The number of anilines is 1. The third-order valence-corrected chi connectivity index (χ3v) is 1.98. The van der Waals surface area contributed by atoms with Crippen LogP contribution in [0.1, 0.15) is 22.3 Å². The number of amides is 1. The summed E-state index contributed by atoms with van der Waals surface area (Å²) in [5.74, 6) is -1.42. The lowest BCUT2D eigenvalue weighted by atomic mass is 10.1. The highest BCUT2D eigenvalue weighted by Crippen LogP contribution is 2.15. The van der Waals surface area contributed by atoms with E-state index in [0.717, 1.165) is 0 Å². The first-order chi connectivity index (χ1) is 7.54. The van der Waals surface area contributed by atoms with E-state index in [4.69, 9.17) is 10.4 Å². The van der Waals surface area contributed by atoms with E-state index < -0.39 is 11.9 Å². The zero-order valence-electron chi connectivity index (χ0n) is 8.65. The normalized spacial score (nSPS) is 9.25. The summed E-state index contributed by atoms with van der Waals surface area (Å²) in [5.41, 5.74) is 1.24. The first kappa shape index (κ1) is 11.7. The standard InChI is InChI=1S/C11H10N2O3/c1-7-6-8(13-10(14)4-5-12)2-3-9(7)11(15)16/h2-3,6H,4H2,1H3,(H,13,14)(H,15,16). The number of rotatable bonds is 3. The van der Waals surface area contributed by atoms with Crippen LogP contribution < -0.4 is 5.32 Å². The maximum absolute atomic E-state index is 11.1. The second-order valence-electron chi connectivity index (χ2n) is 3.22. The molecule has 0 aromatic heterocycles. The van der Waals surface area contributed by atoms with Crippen molar-refractivity contribution in [1.82, 2.24) is 0 Å². The van der Waals surface area contributed by atoms with Gasteiger partial charge in [0.15, 0.2) is 0 Å². The summed E-state index contributed by atoms with van der Waals surface area (Å²) in [6, 6.07) is 6.19. The Morgan fingerprint density at radius 2 is 2.19 bits per heavy atom. The first-order valence-electron chi connectivity index (χ1n) is 4.55. The maximum atomic E-state index is 11.1. The molecule has 0 unspecified atom stereocenters. The molecule has 0 saturated heterocycles. The SMILES string of the molecule is Cc1cc(NC(=O)CC#N)ccc1C(=O)O. The number of nitrogens with zero attached hydrogens (tertiary/aromatic N) is 1. The van der Waals surface area contributed by atoms with Gasteiger partial charge >= 0.3 is 5.97 Å². The lowest BCUT2D eigenvalue weighted by Crippen LogP contribution is -2.10. The van der Waals surface area contributed by atoms with Crippen molar-refractivity contribution in [3.63, 3.8) is 0 Å². The van der Waals surface area contributed by atoms with Gasteiger partial charge in [-0.15, -0.1) is 0 Å². The van der Waals surface area contributed by atoms with E-state index in [0.29, 0.717) is 11.3 Å². The second-order valence-corrected chi connectivity index (χ2v) is 3.22. The fraction of sp³-hybridized carbons (Fsp3) is 0.182. The Labute approximate surface area is 92.3 Å². The van der Waals surface area contributed by atoms with Crippen molar-refractivity contribution in [2.45, 2.75) is 13.3 Å².